The first-order chi connectivity index (χ1) is 14.5. The van der Waals surface area contributed by atoms with Crippen LogP contribution in [0.3, 0.4) is 0 Å². The van der Waals surface area contributed by atoms with Gasteiger partial charge in [-0.1, -0.05) is 18.2 Å². The molecule has 6 heteroatoms. The third-order valence-electron chi connectivity index (χ3n) is 7.19. The summed E-state index contributed by atoms with van der Waals surface area (Å²) in [6.07, 6.45) is 7.42. The Morgan fingerprint density at radius 3 is 2.63 bits per heavy atom. The SMILES string of the molecule is Cc1ccc(CN2CCC3(CC2)O[C@H](C(=O)N2CCCC2)Cn2ccnc23)cc1C. The lowest BCUT2D eigenvalue weighted by Gasteiger charge is -2.46. The van der Waals surface area contributed by atoms with Crippen LogP contribution in [-0.4, -0.2) is 57.5 Å². The monoisotopic (exact) mass is 408 g/mol. The molecule has 0 bridgehead atoms. The average molecular weight is 409 g/mol. The minimum atomic E-state index is -0.443. The van der Waals surface area contributed by atoms with Crippen LogP contribution >= 0.6 is 0 Å². The number of amides is 1. The molecule has 1 aromatic carbocycles. The van der Waals surface area contributed by atoms with Crippen molar-refractivity contribution in [3.63, 3.8) is 0 Å². The second kappa shape index (κ2) is 7.82. The molecular weight excluding hydrogens is 376 g/mol. The third-order valence-corrected chi connectivity index (χ3v) is 7.19. The van der Waals surface area contributed by atoms with Gasteiger partial charge in [0.15, 0.2) is 6.10 Å². The van der Waals surface area contributed by atoms with Crippen LogP contribution in [0, 0.1) is 13.8 Å². The van der Waals surface area contributed by atoms with Crippen molar-refractivity contribution < 1.29 is 9.53 Å². The third kappa shape index (κ3) is 3.56. The standard InChI is InChI=1S/C24H32N4O2/c1-18-5-6-20(15-19(18)2)16-26-12-7-24(8-13-26)23-25-9-14-28(23)17-21(30-24)22(29)27-10-3-4-11-27/h5-6,9,14-15,21H,3-4,7-8,10-13,16-17H2,1-2H3/t21-/m0/s1. The summed E-state index contributed by atoms with van der Waals surface area (Å²) in [6, 6.07) is 6.75. The molecule has 0 N–H and O–H groups in total. The van der Waals surface area contributed by atoms with Crippen molar-refractivity contribution in [3.05, 3.63) is 53.1 Å². The van der Waals surface area contributed by atoms with Gasteiger partial charge in [0.25, 0.3) is 5.91 Å². The Labute approximate surface area is 178 Å². The van der Waals surface area contributed by atoms with Gasteiger partial charge in [-0.2, -0.15) is 0 Å². The van der Waals surface area contributed by atoms with Crippen LogP contribution in [0.4, 0.5) is 0 Å². The molecule has 2 saturated heterocycles. The molecule has 0 radical (unpaired) electrons. The van der Waals surface area contributed by atoms with Crippen molar-refractivity contribution >= 4 is 5.91 Å². The van der Waals surface area contributed by atoms with Crippen LogP contribution in [0.1, 0.15) is 48.2 Å². The molecule has 1 aromatic heterocycles. The molecule has 160 valence electrons. The number of ether oxygens (including phenoxy) is 1. The maximum atomic E-state index is 13.1. The topological polar surface area (TPSA) is 50.6 Å². The number of piperidine rings is 1. The number of hydrogen-bond acceptors (Lipinski definition) is 4. The van der Waals surface area contributed by atoms with Crippen LogP contribution in [0.5, 0.6) is 0 Å². The maximum Gasteiger partial charge on any atom is 0.253 e. The first kappa shape index (κ1) is 19.8. The Morgan fingerprint density at radius 2 is 1.90 bits per heavy atom. The lowest BCUT2D eigenvalue weighted by Crippen LogP contribution is -2.54. The van der Waals surface area contributed by atoms with Crippen LogP contribution < -0.4 is 0 Å². The Bertz CT molecular complexity index is 923. The Kier molecular flexibility index (Phi) is 5.15. The number of rotatable bonds is 3. The molecule has 0 aliphatic carbocycles. The van der Waals surface area contributed by atoms with Crippen LogP contribution in [0.2, 0.25) is 0 Å². The van der Waals surface area contributed by atoms with Gasteiger partial charge >= 0.3 is 0 Å². The lowest BCUT2D eigenvalue weighted by atomic mass is 9.88. The molecule has 1 amide bonds. The zero-order valence-electron chi connectivity index (χ0n) is 18.1. The van der Waals surface area contributed by atoms with Crippen LogP contribution in [0.25, 0.3) is 0 Å². The molecule has 2 aromatic rings. The summed E-state index contributed by atoms with van der Waals surface area (Å²) in [5.74, 6) is 1.16. The molecule has 1 spiro atoms. The highest BCUT2D eigenvalue weighted by atomic mass is 16.5. The fraction of sp³-hybridized carbons (Fsp3) is 0.583. The van der Waals surface area contributed by atoms with Crippen LogP contribution in [0.15, 0.2) is 30.6 Å². The maximum absolute atomic E-state index is 13.1. The summed E-state index contributed by atoms with van der Waals surface area (Å²) in [7, 11) is 0. The van der Waals surface area contributed by atoms with E-state index in [1.165, 1.54) is 16.7 Å². The Hall–Kier alpha value is -2.18. The van der Waals surface area contributed by atoms with E-state index >= 15 is 0 Å². The normalized spacial score (nSPS) is 23.7. The molecule has 0 unspecified atom stereocenters. The molecule has 5 rings (SSSR count). The second-order valence-electron chi connectivity index (χ2n) is 9.23. The summed E-state index contributed by atoms with van der Waals surface area (Å²) in [5, 5.41) is 0. The van der Waals surface area contributed by atoms with Crippen LogP contribution in [-0.2, 0) is 28.2 Å². The highest BCUT2D eigenvalue weighted by Crippen LogP contribution is 2.40. The molecule has 4 heterocycles. The largest absolute Gasteiger partial charge is 0.352 e. The number of aromatic nitrogens is 2. The predicted molar refractivity (Wildman–Crippen MR) is 115 cm³/mol. The number of carbonyl (C=O) groups excluding carboxylic acids is 1. The van der Waals surface area contributed by atoms with Crippen molar-refractivity contribution in [2.75, 3.05) is 26.2 Å². The van der Waals surface area contributed by atoms with Gasteiger partial charge in [-0.3, -0.25) is 9.69 Å². The highest BCUT2D eigenvalue weighted by Gasteiger charge is 2.47. The van der Waals surface area contributed by atoms with Gasteiger partial charge in [0.05, 0.1) is 6.54 Å². The van der Waals surface area contributed by atoms with Gasteiger partial charge in [0, 0.05) is 45.1 Å². The van der Waals surface area contributed by atoms with Gasteiger partial charge < -0.3 is 14.2 Å². The van der Waals surface area contributed by atoms with Crippen molar-refractivity contribution in [2.24, 2.45) is 0 Å². The minimum Gasteiger partial charge on any atom is -0.352 e. The number of benzene rings is 1. The van der Waals surface area contributed by atoms with Gasteiger partial charge in [-0.25, -0.2) is 4.98 Å². The van der Waals surface area contributed by atoms with E-state index in [-0.39, 0.29) is 5.91 Å². The second-order valence-corrected chi connectivity index (χ2v) is 9.23. The van der Waals surface area contributed by atoms with Gasteiger partial charge in [0.2, 0.25) is 0 Å². The van der Waals surface area contributed by atoms with Gasteiger partial charge in [-0.05, 0) is 56.2 Å². The van der Waals surface area contributed by atoms with E-state index in [1.54, 1.807) is 0 Å². The van der Waals surface area contributed by atoms with E-state index in [1.807, 2.05) is 17.3 Å². The van der Waals surface area contributed by atoms with E-state index in [0.29, 0.717) is 6.54 Å². The average Bonchev–Trinajstić information content (AvgIpc) is 3.44. The van der Waals surface area contributed by atoms with Gasteiger partial charge in [0.1, 0.15) is 11.4 Å². The molecule has 30 heavy (non-hydrogen) atoms. The number of fused-ring (bicyclic) bond motifs is 2. The summed E-state index contributed by atoms with van der Waals surface area (Å²) in [6.45, 7) is 9.51. The van der Waals surface area contributed by atoms with Crippen molar-refractivity contribution in [3.8, 4) is 0 Å². The molecular formula is C24H32N4O2. The zero-order valence-corrected chi connectivity index (χ0v) is 18.1. The molecule has 1 atom stereocenters. The number of carbonyl (C=O) groups is 1. The fourth-order valence-corrected chi connectivity index (χ4v) is 5.24. The van der Waals surface area contributed by atoms with E-state index < -0.39 is 11.7 Å². The zero-order chi connectivity index (χ0) is 20.7. The van der Waals surface area contributed by atoms with E-state index in [0.717, 1.165) is 64.2 Å². The van der Waals surface area contributed by atoms with Gasteiger partial charge in [-0.15, -0.1) is 0 Å². The molecule has 2 fully saturated rings. The van der Waals surface area contributed by atoms with Crippen molar-refractivity contribution in [1.29, 1.82) is 0 Å². The number of imidazole rings is 1. The summed E-state index contributed by atoms with van der Waals surface area (Å²) in [5.41, 5.74) is 3.61. The molecule has 3 aliphatic heterocycles. The predicted octanol–water partition coefficient (Wildman–Crippen LogP) is 3.01. The Morgan fingerprint density at radius 1 is 1.13 bits per heavy atom. The molecule has 6 nitrogen and oxygen atoms in total. The van der Waals surface area contributed by atoms with E-state index in [9.17, 15) is 4.79 Å². The number of nitrogens with zero attached hydrogens (tertiary/aromatic N) is 4. The quantitative estimate of drug-likeness (QED) is 0.783. The van der Waals surface area contributed by atoms with E-state index in [4.69, 9.17) is 4.74 Å². The lowest BCUT2D eigenvalue weighted by molar-refractivity contribution is -0.180. The summed E-state index contributed by atoms with van der Waals surface area (Å²) in [4.78, 5) is 22.2. The highest BCUT2D eigenvalue weighted by molar-refractivity contribution is 5.81. The fourth-order valence-electron chi connectivity index (χ4n) is 5.24. The summed E-state index contributed by atoms with van der Waals surface area (Å²) < 4.78 is 8.76. The number of hydrogen-bond donors (Lipinski definition) is 0. The number of aryl methyl sites for hydroxylation is 2. The molecule has 3 aliphatic rings. The Balaban J connectivity index is 1.30. The first-order valence-electron chi connectivity index (χ1n) is 11.3. The van der Waals surface area contributed by atoms with Crippen molar-refractivity contribution in [2.45, 2.75) is 64.3 Å². The number of likely N-dealkylation sites (tertiary alicyclic amines) is 2. The van der Waals surface area contributed by atoms with Crippen molar-refractivity contribution in [1.82, 2.24) is 19.4 Å². The minimum absolute atomic E-state index is 0.156. The molecule has 0 saturated carbocycles. The summed E-state index contributed by atoms with van der Waals surface area (Å²) >= 11 is 0. The first-order valence-corrected chi connectivity index (χ1v) is 11.3. The smallest absolute Gasteiger partial charge is 0.253 e. The van der Waals surface area contributed by atoms with E-state index in [2.05, 4.69) is 46.5 Å².